The smallest absolute Gasteiger partial charge is 0.399 e. The Morgan fingerprint density at radius 3 is 2.10 bits per heavy atom. The molecule has 0 radical (unpaired) electrons. The van der Waals surface area contributed by atoms with Crippen molar-refractivity contribution in [2.75, 3.05) is 5.32 Å². The first-order chi connectivity index (χ1) is 18.9. The molecule has 1 saturated heterocycles. The fourth-order valence-corrected chi connectivity index (χ4v) is 5.21. The van der Waals surface area contributed by atoms with Crippen molar-refractivity contribution in [2.45, 2.75) is 104 Å². The van der Waals surface area contributed by atoms with Crippen molar-refractivity contribution >= 4 is 30.2 Å². The highest BCUT2D eigenvalue weighted by Crippen LogP contribution is 2.51. The van der Waals surface area contributed by atoms with Crippen LogP contribution in [0.1, 0.15) is 97.6 Å². The van der Waals surface area contributed by atoms with Gasteiger partial charge in [0.1, 0.15) is 17.6 Å². The van der Waals surface area contributed by atoms with Gasteiger partial charge in [0.05, 0.1) is 11.2 Å². The highest BCUT2D eigenvalue weighted by atomic mass is 19.1. The van der Waals surface area contributed by atoms with Gasteiger partial charge in [-0.15, -0.1) is 0 Å². The molecule has 2 aromatic heterocycles. The van der Waals surface area contributed by atoms with Crippen LogP contribution in [-0.2, 0) is 14.1 Å². The van der Waals surface area contributed by atoms with Gasteiger partial charge < -0.3 is 19.9 Å². The van der Waals surface area contributed by atoms with Crippen LogP contribution in [0.3, 0.4) is 0 Å². The van der Waals surface area contributed by atoms with Gasteiger partial charge in [-0.3, -0.25) is 14.3 Å². The van der Waals surface area contributed by atoms with E-state index in [0.29, 0.717) is 17.5 Å². The summed E-state index contributed by atoms with van der Waals surface area (Å²) in [6.45, 7) is 15.5. The summed E-state index contributed by atoms with van der Waals surface area (Å²) in [6.07, 6.45) is 5.75. The van der Waals surface area contributed by atoms with Crippen LogP contribution in [0.4, 0.5) is 10.2 Å². The number of anilines is 1. The molecule has 2 saturated carbocycles. The summed E-state index contributed by atoms with van der Waals surface area (Å²) in [4.78, 5) is 30.9. The van der Waals surface area contributed by atoms with Crippen molar-refractivity contribution in [1.29, 1.82) is 0 Å². The molecule has 1 unspecified atom stereocenters. The Morgan fingerprint density at radius 1 is 1.02 bits per heavy atom. The number of nitrogens with one attached hydrogen (secondary N) is 2. The summed E-state index contributed by atoms with van der Waals surface area (Å²) < 4.78 is 28.6. The van der Waals surface area contributed by atoms with Crippen LogP contribution in [0.15, 0.2) is 24.4 Å². The van der Waals surface area contributed by atoms with Crippen LogP contribution >= 0.6 is 0 Å². The topological polar surface area (TPSA) is 107 Å². The van der Waals surface area contributed by atoms with E-state index < -0.39 is 36.2 Å². The molecule has 3 aliphatic rings. The molecule has 2 N–H and O–H groups in total. The summed E-state index contributed by atoms with van der Waals surface area (Å²) in [5.41, 5.74) is -0.663. The molecule has 1 aliphatic heterocycles. The number of nitrogens with zero attached hydrogens (tertiary/aromatic N) is 3. The second-order valence-electron chi connectivity index (χ2n) is 12.1. The van der Waals surface area contributed by atoms with E-state index in [0.717, 1.165) is 25.7 Å². The molecule has 0 spiro atoms. The summed E-state index contributed by atoms with van der Waals surface area (Å²) in [5, 5.41) is 10.00. The van der Waals surface area contributed by atoms with Crippen LogP contribution in [0.2, 0.25) is 0 Å². The summed E-state index contributed by atoms with van der Waals surface area (Å²) in [6, 6.07) is 3.95. The Bertz CT molecular complexity index is 1200. The van der Waals surface area contributed by atoms with Crippen molar-refractivity contribution < 1.29 is 23.3 Å². The summed E-state index contributed by atoms with van der Waals surface area (Å²) in [7, 11) is -0.899. The van der Waals surface area contributed by atoms with Gasteiger partial charge in [-0.05, 0) is 97.1 Å². The van der Waals surface area contributed by atoms with Gasteiger partial charge in [-0.25, -0.2) is 4.98 Å². The van der Waals surface area contributed by atoms with Crippen molar-refractivity contribution in [3.8, 4) is 0 Å². The SMILES string of the molecule is CC.CC(C)n1nccc1C(=O)NC(C(=O)Nc1ccc(B2OC(C)(C)C(C)(C)O2)c(F)n1)C(C1CC1)C1CC1. The van der Waals surface area contributed by atoms with Gasteiger partial charge in [0.15, 0.2) is 0 Å². The number of rotatable bonds is 9. The van der Waals surface area contributed by atoms with E-state index in [4.69, 9.17) is 9.31 Å². The quantitative estimate of drug-likeness (QED) is 0.349. The van der Waals surface area contributed by atoms with E-state index in [9.17, 15) is 9.59 Å². The largest absolute Gasteiger partial charge is 0.499 e. The van der Waals surface area contributed by atoms with Crippen LogP contribution in [0, 0.1) is 23.7 Å². The minimum absolute atomic E-state index is 0.00430. The standard InChI is InChI=1S/C27H37BFN5O4.C2H6/c1-15(2)34-19(13-14-30-34)24(35)33-22(21(16-7-8-16)17-9-10-17)25(36)32-20-12-11-18(23(29)31-20)28-37-26(3,4)27(5,6)38-28;1-2/h11-17,21-22H,7-10H2,1-6H3,(H,33,35)(H,31,32,36);1-2H3. The zero-order valence-corrected chi connectivity index (χ0v) is 25.0. The first kappa shape index (κ1) is 30.2. The van der Waals surface area contributed by atoms with Crippen molar-refractivity contribution in [2.24, 2.45) is 17.8 Å². The maximum Gasteiger partial charge on any atom is 0.499 e. The van der Waals surface area contributed by atoms with E-state index in [2.05, 4.69) is 20.7 Å². The third kappa shape index (κ3) is 6.25. The van der Waals surface area contributed by atoms with E-state index >= 15 is 4.39 Å². The van der Waals surface area contributed by atoms with Crippen LogP contribution in [-0.4, -0.2) is 50.9 Å². The van der Waals surface area contributed by atoms with Gasteiger partial charge in [0.25, 0.3) is 5.91 Å². The average Bonchev–Trinajstić information content (AvgIpc) is 3.82. The van der Waals surface area contributed by atoms with Gasteiger partial charge in [0, 0.05) is 17.7 Å². The molecule has 2 amide bonds. The van der Waals surface area contributed by atoms with E-state index in [1.165, 1.54) is 12.1 Å². The number of carbonyl (C=O) groups is 2. The molecule has 1 atom stereocenters. The zero-order valence-electron chi connectivity index (χ0n) is 25.0. The fraction of sp³-hybridized carbons (Fsp3) is 0.655. The highest BCUT2D eigenvalue weighted by Gasteiger charge is 2.53. The number of hydrogen-bond donors (Lipinski definition) is 2. The molecule has 3 fully saturated rings. The third-order valence-corrected chi connectivity index (χ3v) is 8.31. The first-order valence-electron chi connectivity index (χ1n) is 14.6. The molecule has 2 aliphatic carbocycles. The number of hydrogen-bond acceptors (Lipinski definition) is 6. The van der Waals surface area contributed by atoms with Gasteiger partial charge in [-0.2, -0.15) is 9.49 Å². The highest BCUT2D eigenvalue weighted by molar-refractivity contribution is 6.62. The number of pyridine rings is 1. The van der Waals surface area contributed by atoms with Crippen molar-refractivity contribution in [3.05, 3.63) is 36.0 Å². The van der Waals surface area contributed by atoms with E-state index in [-0.39, 0.29) is 29.1 Å². The minimum Gasteiger partial charge on any atom is -0.399 e. The molecule has 11 heteroatoms. The van der Waals surface area contributed by atoms with Crippen LogP contribution < -0.4 is 16.1 Å². The molecule has 9 nitrogen and oxygen atoms in total. The second kappa shape index (κ2) is 11.6. The zero-order chi connectivity index (χ0) is 29.4. The molecule has 2 aromatic rings. The molecule has 5 rings (SSSR count). The lowest BCUT2D eigenvalue weighted by molar-refractivity contribution is -0.119. The lowest BCUT2D eigenvalue weighted by atomic mass is 9.80. The predicted molar refractivity (Wildman–Crippen MR) is 153 cm³/mol. The molecular weight excluding hydrogens is 512 g/mol. The molecule has 40 heavy (non-hydrogen) atoms. The second-order valence-corrected chi connectivity index (χ2v) is 12.1. The Labute approximate surface area is 237 Å². The van der Waals surface area contributed by atoms with Gasteiger partial charge >= 0.3 is 7.12 Å². The summed E-state index contributed by atoms with van der Waals surface area (Å²) >= 11 is 0. The number of halogens is 1. The summed E-state index contributed by atoms with van der Waals surface area (Å²) in [5.74, 6) is -0.629. The minimum atomic E-state index is -0.899. The number of carbonyl (C=O) groups excluding carboxylic acids is 2. The first-order valence-corrected chi connectivity index (χ1v) is 14.6. The van der Waals surface area contributed by atoms with E-state index in [1.807, 2.05) is 55.4 Å². The third-order valence-electron chi connectivity index (χ3n) is 8.31. The molecular formula is C29H43BFN5O4. The van der Waals surface area contributed by atoms with Crippen molar-refractivity contribution in [1.82, 2.24) is 20.1 Å². The van der Waals surface area contributed by atoms with Crippen LogP contribution in [0.5, 0.6) is 0 Å². The van der Waals surface area contributed by atoms with E-state index in [1.54, 1.807) is 16.9 Å². The molecule has 0 aromatic carbocycles. The number of aromatic nitrogens is 3. The molecule has 3 heterocycles. The predicted octanol–water partition coefficient (Wildman–Crippen LogP) is 4.50. The van der Waals surface area contributed by atoms with Gasteiger partial charge in [-0.1, -0.05) is 19.9 Å². The van der Waals surface area contributed by atoms with Gasteiger partial charge in [0.2, 0.25) is 11.9 Å². The lowest BCUT2D eigenvalue weighted by Gasteiger charge is -2.32. The maximum absolute atomic E-state index is 15.1. The Hall–Kier alpha value is -2.79. The molecule has 0 bridgehead atoms. The maximum atomic E-state index is 15.1. The monoisotopic (exact) mass is 555 g/mol. The normalized spacial score (nSPS) is 20.2. The Morgan fingerprint density at radius 2 is 1.60 bits per heavy atom. The molecule has 218 valence electrons. The Kier molecular flexibility index (Phi) is 8.75. The van der Waals surface area contributed by atoms with Crippen LogP contribution in [0.25, 0.3) is 0 Å². The lowest BCUT2D eigenvalue weighted by Crippen LogP contribution is -2.50. The Balaban J connectivity index is 0.00000181. The van der Waals surface area contributed by atoms with Crippen molar-refractivity contribution in [3.63, 3.8) is 0 Å². The number of amides is 2. The average molecular weight is 556 g/mol. The fourth-order valence-electron chi connectivity index (χ4n) is 5.21.